The van der Waals surface area contributed by atoms with Gasteiger partial charge >= 0.3 is 0 Å². The fraction of sp³-hybridized carbons (Fsp3) is 0.529. The number of amides is 1. The highest BCUT2D eigenvalue weighted by molar-refractivity contribution is 5.94. The van der Waals surface area contributed by atoms with E-state index in [1.54, 1.807) is 0 Å². The number of carbonyl (C=O) groups excluding carboxylic acids is 1. The van der Waals surface area contributed by atoms with Crippen LogP contribution in [0.5, 0.6) is 0 Å². The predicted molar refractivity (Wildman–Crippen MR) is 89.1 cm³/mol. The molecule has 0 aromatic carbocycles. The van der Waals surface area contributed by atoms with Gasteiger partial charge < -0.3 is 14.2 Å². The molecular weight excluding hydrogens is 276 g/mol. The third kappa shape index (κ3) is 3.47. The smallest absolute Gasteiger partial charge is 0.274 e. The molecule has 22 heavy (non-hydrogen) atoms. The summed E-state index contributed by atoms with van der Waals surface area (Å²) in [6, 6.07) is 5.86. The molecule has 0 N–H and O–H groups in total. The molecule has 2 aromatic heterocycles. The van der Waals surface area contributed by atoms with E-state index in [9.17, 15) is 4.79 Å². The van der Waals surface area contributed by atoms with Crippen LogP contribution in [-0.4, -0.2) is 52.3 Å². The Bertz CT molecular complexity index is 633. The zero-order chi connectivity index (χ0) is 16.1. The lowest BCUT2D eigenvalue weighted by Gasteiger charge is -2.20. The molecule has 1 amide bonds. The van der Waals surface area contributed by atoms with E-state index in [0.29, 0.717) is 18.8 Å². The SMILES string of the molecule is CCCCN(CC)C(=O)c1nc2ccccn2c1CN(C)C. The van der Waals surface area contributed by atoms with Crippen molar-refractivity contribution in [2.75, 3.05) is 27.2 Å². The summed E-state index contributed by atoms with van der Waals surface area (Å²) in [5.74, 6) is 0.0384. The van der Waals surface area contributed by atoms with E-state index >= 15 is 0 Å². The Morgan fingerprint density at radius 2 is 2.05 bits per heavy atom. The van der Waals surface area contributed by atoms with E-state index in [1.807, 2.05) is 54.7 Å². The fourth-order valence-electron chi connectivity index (χ4n) is 2.57. The molecule has 0 atom stereocenters. The van der Waals surface area contributed by atoms with E-state index in [4.69, 9.17) is 0 Å². The van der Waals surface area contributed by atoms with Gasteiger partial charge in [-0.3, -0.25) is 4.79 Å². The van der Waals surface area contributed by atoms with Crippen molar-refractivity contribution in [3.05, 3.63) is 35.8 Å². The Kier molecular flexibility index (Phi) is 5.55. The first-order chi connectivity index (χ1) is 10.6. The summed E-state index contributed by atoms with van der Waals surface area (Å²) in [5.41, 5.74) is 2.37. The number of imidazole rings is 1. The number of pyridine rings is 1. The highest BCUT2D eigenvalue weighted by Gasteiger charge is 2.23. The zero-order valence-electron chi connectivity index (χ0n) is 14.0. The highest BCUT2D eigenvalue weighted by Crippen LogP contribution is 2.16. The molecule has 0 aliphatic rings. The molecule has 5 heteroatoms. The summed E-state index contributed by atoms with van der Waals surface area (Å²) >= 11 is 0. The summed E-state index contributed by atoms with van der Waals surface area (Å²) < 4.78 is 2.01. The molecule has 0 bridgehead atoms. The van der Waals surface area contributed by atoms with Gasteiger partial charge in [0.1, 0.15) is 5.65 Å². The summed E-state index contributed by atoms with van der Waals surface area (Å²) in [6.07, 6.45) is 4.08. The van der Waals surface area contributed by atoms with Gasteiger partial charge in [0.15, 0.2) is 5.69 Å². The van der Waals surface area contributed by atoms with Crippen molar-refractivity contribution in [1.29, 1.82) is 0 Å². The second kappa shape index (κ2) is 7.40. The minimum absolute atomic E-state index is 0.0384. The molecular formula is C17H26N4O. The van der Waals surface area contributed by atoms with Crippen molar-refractivity contribution in [3.63, 3.8) is 0 Å². The third-order valence-electron chi connectivity index (χ3n) is 3.75. The first-order valence-electron chi connectivity index (χ1n) is 7.98. The van der Waals surface area contributed by atoms with Gasteiger partial charge in [-0.25, -0.2) is 4.98 Å². The normalized spacial score (nSPS) is 11.3. The Morgan fingerprint density at radius 1 is 1.27 bits per heavy atom. The molecule has 0 saturated carbocycles. The number of nitrogens with zero attached hydrogens (tertiary/aromatic N) is 4. The largest absolute Gasteiger partial charge is 0.338 e. The molecule has 0 saturated heterocycles. The molecule has 5 nitrogen and oxygen atoms in total. The summed E-state index contributed by atoms with van der Waals surface area (Å²) in [4.78, 5) is 21.4. The summed E-state index contributed by atoms with van der Waals surface area (Å²) in [5, 5.41) is 0. The lowest BCUT2D eigenvalue weighted by atomic mass is 10.2. The van der Waals surface area contributed by atoms with Crippen molar-refractivity contribution in [3.8, 4) is 0 Å². The lowest BCUT2D eigenvalue weighted by molar-refractivity contribution is 0.0755. The molecule has 2 heterocycles. The minimum Gasteiger partial charge on any atom is -0.338 e. The number of rotatable bonds is 7. The van der Waals surface area contributed by atoms with Crippen LogP contribution in [0, 0.1) is 0 Å². The third-order valence-corrected chi connectivity index (χ3v) is 3.75. The quantitative estimate of drug-likeness (QED) is 0.789. The number of fused-ring (bicyclic) bond motifs is 1. The maximum Gasteiger partial charge on any atom is 0.274 e. The van der Waals surface area contributed by atoms with Crippen molar-refractivity contribution < 1.29 is 4.79 Å². The fourth-order valence-corrected chi connectivity index (χ4v) is 2.57. The average molecular weight is 302 g/mol. The Morgan fingerprint density at radius 3 is 2.68 bits per heavy atom. The number of unbranched alkanes of at least 4 members (excludes halogenated alkanes) is 1. The first-order valence-corrected chi connectivity index (χ1v) is 7.98. The number of hydrogen-bond acceptors (Lipinski definition) is 3. The summed E-state index contributed by atoms with van der Waals surface area (Å²) in [7, 11) is 4.01. The average Bonchev–Trinajstić information content (AvgIpc) is 2.86. The van der Waals surface area contributed by atoms with Crippen LogP contribution in [0.1, 0.15) is 42.9 Å². The van der Waals surface area contributed by atoms with Gasteiger partial charge in [-0.2, -0.15) is 0 Å². The molecule has 2 rings (SSSR count). The van der Waals surface area contributed by atoms with Crippen LogP contribution in [0.4, 0.5) is 0 Å². The van der Waals surface area contributed by atoms with Crippen LogP contribution in [0.2, 0.25) is 0 Å². The number of hydrogen-bond donors (Lipinski definition) is 0. The molecule has 0 spiro atoms. The Balaban J connectivity index is 2.41. The lowest BCUT2D eigenvalue weighted by Crippen LogP contribution is -2.33. The highest BCUT2D eigenvalue weighted by atomic mass is 16.2. The molecule has 0 fully saturated rings. The van der Waals surface area contributed by atoms with Gasteiger partial charge in [0, 0.05) is 25.8 Å². The Labute approximate surface area is 132 Å². The van der Waals surface area contributed by atoms with Gasteiger partial charge in [0.25, 0.3) is 5.91 Å². The van der Waals surface area contributed by atoms with Crippen LogP contribution in [0.3, 0.4) is 0 Å². The van der Waals surface area contributed by atoms with Crippen molar-refractivity contribution in [2.24, 2.45) is 0 Å². The second-order valence-electron chi connectivity index (χ2n) is 5.81. The van der Waals surface area contributed by atoms with Crippen molar-refractivity contribution in [1.82, 2.24) is 19.2 Å². The van der Waals surface area contributed by atoms with Gasteiger partial charge in [0.2, 0.25) is 0 Å². The predicted octanol–water partition coefficient (Wildman–Crippen LogP) is 2.66. The summed E-state index contributed by atoms with van der Waals surface area (Å²) in [6.45, 7) is 6.36. The molecule has 120 valence electrons. The molecule has 0 unspecified atom stereocenters. The molecule has 0 radical (unpaired) electrons. The van der Waals surface area contributed by atoms with E-state index in [-0.39, 0.29) is 5.91 Å². The van der Waals surface area contributed by atoms with Crippen LogP contribution < -0.4 is 0 Å². The van der Waals surface area contributed by atoms with Crippen LogP contribution in [-0.2, 0) is 6.54 Å². The zero-order valence-corrected chi connectivity index (χ0v) is 14.0. The monoisotopic (exact) mass is 302 g/mol. The van der Waals surface area contributed by atoms with Crippen molar-refractivity contribution in [2.45, 2.75) is 33.2 Å². The second-order valence-corrected chi connectivity index (χ2v) is 5.81. The van der Waals surface area contributed by atoms with E-state index < -0.39 is 0 Å². The van der Waals surface area contributed by atoms with Crippen LogP contribution >= 0.6 is 0 Å². The molecule has 0 aliphatic heterocycles. The topological polar surface area (TPSA) is 40.9 Å². The first kappa shape index (κ1) is 16.5. The van der Waals surface area contributed by atoms with Gasteiger partial charge in [-0.05, 0) is 39.6 Å². The number of aromatic nitrogens is 2. The van der Waals surface area contributed by atoms with Crippen molar-refractivity contribution >= 4 is 11.6 Å². The van der Waals surface area contributed by atoms with E-state index in [0.717, 1.165) is 30.7 Å². The van der Waals surface area contributed by atoms with Crippen LogP contribution in [0.25, 0.3) is 5.65 Å². The molecule has 2 aromatic rings. The maximum atomic E-state index is 12.9. The van der Waals surface area contributed by atoms with Gasteiger partial charge in [-0.1, -0.05) is 19.4 Å². The number of carbonyl (C=O) groups is 1. The van der Waals surface area contributed by atoms with Gasteiger partial charge in [0.05, 0.1) is 5.69 Å². The maximum absolute atomic E-state index is 12.9. The van der Waals surface area contributed by atoms with Gasteiger partial charge in [-0.15, -0.1) is 0 Å². The van der Waals surface area contributed by atoms with E-state index in [1.165, 1.54) is 0 Å². The standard InChI is InChI=1S/C17H26N4O/c1-5-7-11-20(6-2)17(22)16-14(13-19(3)4)21-12-9-8-10-15(21)18-16/h8-10,12H,5-7,11,13H2,1-4H3. The Hall–Kier alpha value is -1.88. The molecule has 0 aliphatic carbocycles. The minimum atomic E-state index is 0.0384. The van der Waals surface area contributed by atoms with E-state index in [2.05, 4.69) is 16.8 Å². The van der Waals surface area contributed by atoms with Crippen LogP contribution in [0.15, 0.2) is 24.4 Å².